The molecule has 0 N–H and O–H groups in total. The zero-order chi connectivity index (χ0) is 7.40. The van der Waals surface area contributed by atoms with Gasteiger partial charge in [-0.15, -0.1) is 0 Å². The van der Waals surface area contributed by atoms with Gasteiger partial charge in [0.15, 0.2) is 0 Å². The maximum absolute atomic E-state index is 4.04. The molecule has 0 unspecified atom stereocenters. The normalized spacial score (nSPS) is 19.7. The third kappa shape index (κ3) is 1.76. The Morgan fingerprint density at radius 3 is 2.90 bits per heavy atom. The van der Waals surface area contributed by atoms with Gasteiger partial charge >= 0.3 is 0 Å². The van der Waals surface area contributed by atoms with E-state index in [0.717, 1.165) is 0 Å². The highest BCUT2D eigenvalue weighted by atomic mass is 15.1. The van der Waals surface area contributed by atoms with Crippen molar-refractivity contribution in [3.05, 3.63) is 12.3 Å². The molecule has 1 aliphatic rings. The summed E-state index contributed by atoms with van der Waals surface area (Å²) in [6, 6.07) is 0. The number of hydrogen-bond acceptors (Lipinski definition) is 1. The van der Waals surface area contributed by atoms with E-state index in [2.05, 4.69) is 18.4 Å². The van der Waals surface area contributed by atoms with Gasteiger partial charge in [-0.2, -0.15) is 0 Å². The molecule has 0 atom stereocenters. The van der Waals surface area contributed by atoms with E-state index in [-0.39, 0.29) is 0 Å². The lowest BCUT2D eigenvalue weighted by Gasteiger charge is -2.30. The molecule has 1 saturated heterocycles. The quantitative estimate of drug-likeness (QED) is 0.568. The third-order valence-corrected chi connectivity index (χ3v) is 2.08. The summed E-state index contributed by atoms with van der Waals surface area (Å²) in [5.41, 5.74) is 1.35. The third-order valence-electron chi connectivity index (χ3n) is 2.08. The molecule has 10 heavy (non-hydrogen) atoms. The lowest BCUT2D eigenvalue weighted by molar-refractivity contribution is 0.292. The minimum Gasteiger partial charge on any atom is -0.375 e. The fraction of sp³-hybridized carbons (Fsp3) is 0.778. The van der Waals surface area contributed by atoms with Gasteiger partial charge in [-0.25, -0.2) is 0 Å². The lowest BCUT2D eigenvalue weighted by Crippen LogP contribution is -2.27. The van der Waals surface area contributed by atoms with Crippen LogP contribution in [0, 0.1) is 0 Å². The molecule has 58 valence electrons. The average molecular weight is 139 g/mol. The zero-order valence-corrected chi connectivity index (χ0v) is 6.90. The van der Waals surface area contributed by atoms with Crippen molar-refractivity contribution in [1.29, 1.82) is 0 Å². The first-order chi connectivity index (χ1) is 4.84. The summed E-state index contributed by atoms with van der Waals surface area (Å²) < 4.78 is 0. The maximum atomic E-state index is 4.04. The highest BCUT2D eigenvalue weighted by molar-refractivity contribution is 4.96. The number of piperidine rings is 1. The SMILES string of the molecule is C=C1CCCCN1CCC. The average Bonchev–Trinajstić information content (AvgIpc) is 1.94. The number of rotatable bonds is 2. The minimum atomic E-state index is 1.21. The maximum Gasteiger partial charge on any atom is 0.0174 e. The second kappa shape index (κ2) is 3.65. The van der Waals surface area contributed by atoms with Crippen molar-refractivity contribution in [2.45, 2.75) is 32.6 Å². The Bertz CT molecular complexity index is 116. The standard InChI is InChI=1S/C9H17N/c1-3-7-10-8-5-4-6-9(10)2/h2-8H2,1H3. The van der Waals surface area contributed by atoms with Crippen molar-refractivity contribution < 1.29 is 0 Å². The zero-order valence-electron chi connectivity index (χ0n) is 6.90. The van der Waals surface area contributed by atoms with Crippen LogP contribution in [-0.2, 0) is 0 Å². The highest BCUT2D eigenvalue weighted by Gasteiger charge is 2.10. The van der Waals surface area contributed by atoms with E-state index in [0.29, 0.717) is 0 Å². The van der Waals surface area contributed by atoms with Gasteiger partial charge in [0.25, 0.3) is 0 Å². The van der Waals surface area contributed by atoms with E-state index in [4.69, 9.17) is 0 Å². The molecular formula is C9H17N. The van der Waals surface area contributed by atoms with Crippen molar-refractivity contribution in [1.82, 2.24) is 4.90 Å². The highest BCUT2D eigenvalue weighted by Crippen LogP contribution is 2.18. The fourth-order valence-corrected chi connectivity index (χ4v) is 1.49. The van der Waals surface area contributed by atoms with Crippen LogP contribution >= 0.6 is 0 Å². The van der Waals surface area contributed by atoms with Crippen LogP contribution in [0.1, 0.15) is 32.6 Å². The van der Waals surface area contributed by atoms with E-state index in [1.54, 1.807) is 0 Å². The summed E-state index contributed by atoms with van der Waals surface area (Å²) in [5, 5.41) is 0. The predicted molar refractivity (Wildman–Crippen MR) is 44.9 cm³/mol. The van der Waals surface area contributed by atoms with Gasteiger partial charge in [0.05, 0.1) is 0 Å². The summed E-state index contributed by atoms with van der Waals surface area (Å²) in [6.45, 7) is 8.71. The molecule has 0 spiro atoms. The summed E-state index contributed by atoms with van der Waals surface area (Å²) in [4.78, 5) is 2.42. The molecule has 1 heteroatoms. The molecule has 0 bridgehead atoms. The smallest absolute Gasteiger partial charge is 0.0174 e. The van der Waals surface area contributed by atoms with Gasteiger partial charge in [0, 0.05) is 18.8 Å². The van der Waals surface area contributed by atoms with E-state index in [1.807, 2.05) is 0 Å². The van der Waals surface area contributed by atoms with Crippen LogP contribution in [0.4, 0.5) is 0 Å². The van der Waals surface area contributed by atoms with Crippen molar-refractivity contribution in [2.24, 2.45) is 0 Å². The van der Waals surface area contributed by atoms with Crippen LogP contribution in [0.5, 0.6) is 0 Å². The Kier molecular flexibility index (Phi) is 2.79. The molecule has 1 aliphatic heterocycles. The Morgan fingerprint density at radius 2 is 2.30 bits per heavy atom. The number of likely N-dealkylation sites (tertiary alicyclic amines) is 1. The Labute approximate surface area is 63.7 Å². The molecule has 1 rings (SSSR count). The van der Waals surface area contributed by atoms with Gasteiger partial charge in [-0.3, -0.25) is 0 Å². The van der Waals surface area contributed by atoms with Crippen LogP contribution in [0.25, 0.3) is 0 Å². The summed E-state index contributed by atoms with van der Waals surface area (Å²) in [7, 11) is 0. The summed E-state index contributed by atoms with van der Waals surface area (Å²) in [5.74, 6) is 0. The van der Waals surface area contributed by atoms with Gasteiger partial charge in [-0.05, 0) is 25.7 Å². The second-order valence-electron chi connectivity index (χ2n) is 3.01. The van der Waals surface area contributed by atoms with Gasteiger partial charge in [0.2, 0.25) is 0 Å². The van der Waals surface area contributed by atoms with Gasteiger partial charge in [-0.1, -0.05) is 13.5 Å². The molecule has 1 fully saturated rings. The molecule has 0 aromatic heterocycles. The van der Waals surface area contributed by atoms with Crippen LogP contribution in [-0.4, -0.2) is 18.0 Å². The Balaban J connectivity index is 2.32. The van der Waals surface area contributed by atoms with Gasteiger partial charge < -0.3 is 4.90 Å². The molecule has 0 radical (unpaired) electrons. The molecule has 0 aliphatic carbocycles. The van der Waals surface area contributed by atoms with Crippen molar-refractivity contribution in [3.63, 3.8) is 0 Å². The van der Waals surface area contributed by atoms with Crippen molar-refractivity contribution in [2.75, 3.05) is 13.1 Å². The van der Waals surface area contributed by atoms with Crippen LogP contribution < -0.4 is 0 Å². The number of allylic oxidation sites excluding steroid dienone is 1. The molecule has 0 aromatic rings. The molecule has 0 aromatic carbocycles. The first-order valence-corrected chi connectivity index (χ1v) is 4.27. The predicted octanol–water partition coefficient (Wildman–Crippen LogP) is 2.40. The lowest BCUT2D eigenvalue weighted by atomic mass is 10.1. The van der Waals surface area contributed by atoms with E-state index < -0.39 is 0 Å². The Hall–Kier alpha value is -0.460. The van der Waals surface area contributed by atoms with E-state index in [9.17, 15) is 0 Å². The fourth-order valence-electron chi connectivity index (χ4n) is 1.49. The molecule has 0 amide bonds. The summed E-state index contributed by atoms with van der Waals surface area (Å²) in [6.07, 6.45) is 5.18. The van der Waals surface area contributed by atoms with E-state index in [1.165, 1.54) is 44.5 Å². The van der Waals surface area contributed by atoms with Crippen molar-refractivity contribution in [3.8, 4) is 0 Å². The monoisotopic (exact) mass is 139 g/mol. The summed E-state index contributed by atoms with van der Waals surface area (Å²) >= 11 is 0. The van der Waals surface area contributed by atoms with Crippen LogP contribution in [0.2, 0.25) is 0 Å². The number of nitrogens with zero attached hydrogens (tertiary/aromatic N) is 1. The van der Waals surface area contributed by atoms with Crippen LogP contribution in [0.3, 0.4) is 0 Å². The molecule has 0 saturated carbocycles. The molecule has 1 nitrogen and oxygen atoms in total. The minimum absolute atomic E-state index is 1.21. The van der Waals surface area contributed by atoms with Gasteiger partial charge in [0.1, 0.15) is 0 Å². The molecular weight excluding hydrogens is 122 g/mol. The first-order valence-electron chi connectivity index (χ1n) is 4.27. The Morgan fingerprint density at radius 1 is 1.50 bits per heavy atom. The molecule has 1 heterocycles. The van der Waals surface area contributed by atoms with Crippen molar-refractivity contribution >= 4 is 0 Å². The largest absolute Gasteiger partial charge is 0.375 e. The van der Waals surface area contributed by atoms with E-state index >= 15 is 0 Å². The first kappa shape index (κ1) is 7.64. The van der Waals surface area contributed by atoms with Crippen LogP contribution in [0.15, 0.2) is 12.3 Å². The topological polar surface area (TPSA) is 3.24 Å². The number of hydrogen-bond donors (Lipinski definition) is 0. The second-order valence-corrected chi connectivity index (χ2v) is 3.01.